The van der Waals surface area contributed by atoms with Crippen LogP contribution in [-0.4, -0.2) is 36.7 Å². The second-order valence-electron chi connectivity index (χ2n) is 8.31. The standard InChI is InChI=1S/C24H24N2O6/c27-21(25-17-8-9-19-20(14-17)32-24(31-19)10-1-2-11-24)15-30-23(29)16-5-3-6-18(13-16)26-12-4-7-22(26)28/h3,5-6,8-9,13-14H,1-2,4,7,10-12,15H2,(H,25,27). The van der Waals surface area contributed by atoms with Gasteiger partial charge >= 0.3 is 5.97 Å². The Labute approximate surface area is 185 Å². The lowest BCUT2D eigenvalue weighted by Crippen LogP contribution is -2.34. The van der Waals surface area contributed by atoms with Gasteiger partial charge in [-0.2, -0.15) is 0 Å². The van der Waals surface area contributed by atoms with E-state index in [9.17, 15) is 14.4 Å². The van der Waals surface area contributed by atoms with Gasteiger partial charge in [-0.25, -0.2) is 4.79 Å². The van der Waals surface area contributed by atoms with E-state index in [1.807, 2.05) is 0 Å². The lowest BCUT2D eigenvalue weighted by molar-refractivity contribution is -0.119. The fourth-order valence-electron chi connectivity index (χ4n) is 4.42. The fourth-order valence-corrected chi connectivity index (χ4v) is 4.42. The summed E-state index contributed by atoms with van der Waals surface area (Å²) in [5.74, 6) is -0.323. The van der Waals surface area contributed by atoms with Gasteiger partial charge < -0.3 is 24.4 Å². The lowest BCUT2D eigenvalue weighted by Gasteiger charge is -2.21. The molecule has 1 N–H and O–H groups in total. The van der Waals surface area contributed by atoms with E-state index >= 15 is 0 Å². The predicted octanol–water partition coefficient (Wildman–Crippen LogP) is 3.65. The molecule has 0 atom stereocenters. The first kappa shape index (κ1) is 20.4. The van der Waals surface area contributed by atoms with E-state index in [1.165, 1.54) is 0 Å². The summed E-state index contributed by atoms with van der Waals surface area (Å²) >= 11 is 0. The Balaban J connectivity index is 1.17. The second kappa shape index (κ2) is 8.18. The maximum Gasteiger partial charge on any atom is 0.338 e. The number of hydrogen-bond acceptors (Lipinski definition) is 6. The van der Waals surface area contributed by atoms with Crippen LogP contribution < -0.4 is 19.7 Å². The van der Waals surface area contributed by atoms with E-state index in [0.29, 0.717) is 41.4 Å². The lowest BCUT2D eigenvalue weighted by atomic mass is 10.2. The van der Waals surface area contributed by atoms with Gasteiger partial charge in [-0.15, -0.1) is 0 Å². The van der Waals surface area contributed by atoms with Gasteiger partial charge in [0.1, 0.15) is 0 Å². The summed E-state index contributed by atoms with van der Waals surface area (Å²) in [6, 6.07) is 11.9. The number of ether oxygens (including phenoxy) is 3. The molecule has 0 radical (unpaired) electrons. The van der Waals surface area contributed by atoms with Crippen molar-refractivity contribution in [2.24, 2.45) is 0 Å². The van der Waals surface area contributed by atoms with Crippen LogP contribution >= 0.6 is 0 Å². The molecule has 1 saturated carbocycles. The summed E-state index contributed by atoms with van der Waals surface area (Å²) in [4.78, 5) is 38.3. The molecule has 1 aliphatic carbocycles. The molecule has 2 aromatic rings. The normalized spacial score (nSPS) is 18.2. The highest BCUT2D eigenvalue weighted by molar-refractivity contribution is 5.98. The number of nitrogens with one attached hydrogen (secondary N) is 1. The van der Waals surface area contributed by atoms with Crippen molar-refractivity contribution in [1.29, 1.82) is 0 Å². The van der Waals surface area contributed by atoms with Gasteiger partial charge in [0, 0.05) is 43.2 Å². The minimum atomic E-state index is -0.623. The van der Waals surface area contributed by atoms with Crippen molar-refractivity contribution in [3.63, 3.8) is 0 Å². The molecule has 0 unspecified atom stereocenters. The zero-order valence-corrected chi connectivity index (χ0v) is 17.6. The van der Waals surface area contributed by atoms with E-state index in [2.05, 4.69) is 5.32 Å². The molecule has 1 saturated heterocycles. The molecule has 0 bridgehead atoms. The van der Waals surface area contributed by atoms with Gasteiger partial charge in [0.2, 0.25) is 5.91 Å². The van der Waals surface area contributed by atoms with Gasteiger partial charge in [-0.3, -0.25) is 9.59 Å². The Bertz CT molecular complexity index is 1080. The molecule has 0 aromatic heterocycles. The molecular weight excluding hydrogens is 412 g/mol. The third-order valence-corrected chi connectivity index (χ3v) is 5.99. The Morgan fingerprint density at radius 1 is 1.03 bits per heavy atom. The molecule has 5 rings (SSSR count). The van der Waals surface area contributed by atoms with E-state index < -0.39 is 24.3 Å². The molecule has 32 heavy (non-hydrogen) atoms. The average Bonchev–Trinajstić information content (AvgIpc) is 3.52. The van der Waals surface area contributed by atoms with Crippen molar-refractivity contribution in [2.75, 3.05) is 23.4 Å². The topological polar surface area (TPSA) is 94.2 Å². The molecule has 2 heterocycles. The Hall–Kier alpha value is -3.55. The molecule has 2 aliphatic heterocycles. The molecule has 2 amide bonds. The molecule has 2 fully saturated rings. The van der Waals surface area contributed by atoms with E-state index in [1.54, 1.807) is 47.4 Å². The van der Waals surface area contributed by atoms with Crippen molar-refractivity contribution in [1.82, 2.24) is 0 Å². The summed E-state index contributed by atoms with van der Waals surface area (Å²) in [6.07, 6.45) is 5.16. The SMILES string of the molecule is O=C(COC(=O)c1cccc(N2CCCC2=O)c1)Nc1ccc2c(c1)OC1(CCCC1)O2. The van der Waals surface area contributed by atoms with Crippen molar-refractivity contribution in [3.05, 3.63) is 48.0 Å². The molecule has 8 nitrogen and oxygen atoms in total. The number of hydrogen-bond donors (Lipinski definition) is 1. The van der Waals surface area contributed by atoms with Crippen LogP contribution in [0.3, 0.4) is 0 Å². The number of amides is 2. The van der Waals surface area contributed by atoms with Crippen molar-refractivity contribution in [2.45, 2.75) is 44.3 Å². The number of benzene rings is 2. The Morgan fingerprint density at radius 3 is 2.62 bits per heavy atom. The number of carbonyl (C=O) groups is 3. The number of esters is 1. The van der Waals surface area contributed by atoms with Crippen molar-refractivity contribution < 1.29 is 28.6 Å². The Kier molecular flexibility index (Phi) is 5.20. The summed E-state index contributed by atoms with van der Waals surface area (Å²) < 4.78 is 17.1. The smallest absolute Gasteiger partial charge is 0.338 e. The van der Waals surface area contributed by atoms with Crippen LogP contribution in [0.2, 0.25) is 0 Å². The molecule has 8 heteroatoms. The third-order valence-electron chi connectivity index (χ3n) is 5.99. The monoisotopic (exact) mass is 436 g/mol. The number of rotatable bonds is 5. The summed E-state index contributed by atoms with van der Waals surface area (Å²) in [5.41, 5.74) is 1.49. The van der Waals surface area contributed by atoms with E-state index in [4.69, 9.17) is 14.2 Å². The molecule has 166 valence electrons. The number of carbonyl (C=O) groups excluding carboxylic acids is 3. The molecule has 2 aromatic carbocycles. The predicted molar refractivity (Wildman–Crippen MR) is 116 cm³/mol. The first-order chi connectivity index (χ1) is 15.5. The minimum absolute atomic E-state index is 0.0393. The first-order valence-corrected chi connectivity index (χ1v) is 10.9. The van der Waals surface area contributed by atoms with E-state index in [-0.39, 0.29) is 5.91 Å². The zero-order chi connectivity index (χ0) is 22.1. The highest BCUT2D eigenvalue weighted by Crippen LogP contribution is 2.47. The highest BCUT2D eigenvalue weighted by atomic mass is 16.7. The number of fused-ring (bicyclic) bond motifs is 1. The van der Waals surface area contributed by atoms with E-state index in [0.717, 1.165) is 32.1 Å². The zero-order valence-electron chi connectivity index (χ0n) is 17.6. The summed E-state index contributed by atoms with van der Waals surface area (Å²) in [6.45, 7) is 0.209. The van der Waals surface area contributed by atoms with Gasteiger partial charge in [0.05, 0.1) is 5.56 Å². The number of nitrogens with zero attached hydrogens (tertiary/aromatic N) is 1. The third kappa shape index (κ3) is 4.00. The van der Waals surface area contributed by atoms with Gasteiger partial charge in [0.25, 0.3) is 11.7 Å². The quantitative estimate of drug-likeness (QED) is 0.719. The summed E-state index contributed by atoms with van der Waals surface area (Å²) in [5, 5.41) is 2.71. The van der Waals surface area contributed by atoms with Crippen LogP contribution in [-0.2, 0) is 14.3 Å². The average molecular weight is 436 g/mol. The van der Waals surface area contributed by atoms with Crippen LogP contribution in [0.1, 0.15) is 48.9 Å². The minimum Gasteiger partial charge on any atom is -0.452 e. The largest absolute Gasteiger partial charge is 0.452 e. The van der Waals surface area contributed by atoms with Crippen LogP contribution in [0.25, 0.3) is 0 Å². The Morgan fingerprint density at radius 2 is 1.84 bits per heavy atom. The van der Waals surface area contributed by atoms with Crippen molar-refractivity contribution in [3.8, 4) is 11.5 Å². The van der Waals surface area contributed by atoms with Gasteiger partial charge in [-0.05, 0) is 49.6 Å². The van der Waals surface area contributed by atoms with Gasteiger partial charge in [-0.1, -0.05) is 6.07 Å². The van der Waals surface area contributed by atoms with Crippen LogP contribution in [0, 0.1) is 0 Å². The maximum atomic E-state index is 12.4. The molecule has 1 spiro atoms. The van der Waals surface area contributed by atoms with Crippen molar-refractivity contribution >= 4 is 29.2 Å². The molecule has 3 aliphatic rings. The van der Waals surface area contributed by atoms with Crippen LogP contribution in [0.5, 0.6) is 11.5 Å². The highest BCUT2D eigenvalue weighted by Gasteiger charge is 2.44. The second-order valence-corrected chi connectivity index (χ2v) is 8.31. The first-order valence-electron chi connectivity index (χ1n) is 10.9. The fraction of sp³-hybridized carbons (Fsp3) is 0.375. The maximum absolute atomic E-state index is 12.4. The number of anilines is 2. The van der Waals surface area contributed by atoms with Crippen LogP contribution in [0.15, 0.2) is 42.5 Å². The summed E-state index contributed by atoms with van der Waals surface area (Å²) in [7, 11) is 0. The molecular formula is C24H24N2O6. The van der Waals surface area contributed by atoms with Crippen LogP contribution in [0.4, 0.5) is 11.4 Å². The van der Waals surface area contributed by atoms with Gasteiger partial charge in [0.15, 0.2) is 18.1 Å².